The van der Waals surface area contributed by atoms with Crippen LogP contribution in [0.4, 0.5) is 5.69 Å². The molecule has 0 aliphatic rings. The van der Waals surface area contributed by atoms with E-state index in [1.807, 2.05) is 0 Å². The predicted molar refractivity (Wildman–Crippen MR) is 108 cm³/mol. The van der Waals surface area contributed by atoms with Gasteiger partial charge in [0.25, 0.3) is 11.6 Å². The van der Waals surface area contributed by atoms with E-state index in [9.17, 15) is 19.7 Å². The monoisotopic (exact) mass is 431 g/mol. The van der Waals surface area contributed by atoms with Crippen molar-refractivity contribution < 1.29 is 28.7 Å². The van der Waals surface area contributed by atoms with Crippen molar-refractivity contribution in [2.75, 3.05) is 20.8 Å². The van der Waals surface area contributed by atoms with Crippen LogP contribution in [0.2, 0.25) is 0 Å². The number of thiazole rings is 1. The maximum Gasteiger partial charge on any atom is 0.325 e. The fourth-order valence-corrected chi connectivity index (χ4v) is 3.70. The van der Waals surface area contributed by atoms with Crippen LogP contribution in [0.3, 0.4) is 0 Å². The first kappa shape index (κ1) is 21.0. The maximum absolute atomic E-state index is 12.4. The number of benzene rings is 2. The van der Waals surface area contributed by atoms with E-state index in [4.69, 9.17) is 14.2 Å². The molecular weight excluding hydrogens is 414 g/mol. The molecule has 11 heteroatoms. The second-order valence-electron chi connectivity index (χ2n) is 5.90. The fraction of sp³-hybridized carbons (Fsp3) is 0.211. The zero-order valence-corrected chi connectivity index (χ0v) is 16.9. The second-order valence-corrected chi connectivity index (χ2v) is 6.91. The highest BCUT2D eigenvalue weighted by molar-refractivity contribution is 7.16. The quantitative estimate of drug-likeness (QED) is 0.319. The average Bonchev–Trinajstić information content (AvgIpc) is 3.08. The number of non-ortho nitro benzene ring substituents is 1. The number of para-hydroxylation sites is 2. The Morgan fingerprint density at radius 1 is 1.17 bits per heavy atom. The van der Waals surface area contributed by atoms with Gasteiger partial charge in [-0.25, -0.2) is 0 Å². The van der Waals surface area contributed by atoms with Gasteiger partial charge >= 0.3 is 5.97 Å². The van der Waals surface area contributed by atoms with Crippen molar-refractivity contribution in [2.24, 2.45) is 4.99 Å². The van der Waals surface area contributed by atoms with Gasteiger partial charge in [-0.1, -0.05) is 23.5 Å². The summed E-state index contributed by atoms with van der Waals surface area (Å²) in [4.78, 5) is 38.9. The summed E-state index contributed by atoms with van der Waals surface area (Å²) in [5, 5.41) is 11.0. The molecule has 0 saturated carbocycles. The summed E-state index contributed by atoms with van der Waals surface area (Å²) in [5.74, 6) is -0.286. The zero-order chi connectivity index (χ0) is 21.7. The van der Waals surface area contributed by atoms with Crippen LogP contribution >= 0.6 is 11.3 Å². The van der Waals surface area contributed by atoms with Crippen molar-refractivity contribution in [1.82, 2.24) is 4.57 Å². The summed E-state index contributed by atoms with van der Waals surface area (Å²) in [7, 11) is 2.73. The zero-order valence-electron chi connectivity index (χ0n) is 16.1. The van der Waals surface area contributed by atoms with Crippen LogP contribution in [-0.4, -0.2) is 42.2 Å². The summed E-state index contributed by atoms with van der Waals surface area (Å²) in [6.45, 7) is -0.555. The number of carbonyl (C=O) groups is 2. The summed E-state index contributed by atoms with van der Waals surface area (Å²) in [6, 6.07) is 11.0. The molecule has 1 amide bonds. The van der Waals surface area contributed by atoms with Crippen LogP contribution in [0.15, 0.2) is 47.5 Å². The van der Waals surface area contributed by atoms with Gasteiger partial charge in [0, 0.05) is 12.1 Å². The molecule has 1 heterocycles. The molecule has 0 aliphatic carbocycles. The number of nitro groups is 1. The summed E-state index contributed by atoms with van der Waals surface area (Å²) in [6.07, 6.45) is 0. The first-order valence-corrected chi connectivity index (χ1v) is 9.42. The Morgan fingerprint density at radius 3 is 2.57 bits per heavy atom. The number of hydrogen-bond acceptors (Lipinski definition) is 8. The molecule has 0 N–H and O–H groups in total. The molecule has 0 saturated heterocycles. The van der Waals surface area contributed by atoms with Crippen LogP contribution in [0.5, 0.6) is 11.5 Å². The second kappa shape index (κ2) is 9.18. The van der Waals surface area contributed by atoms with Crippen molar-refractivity contribution >= 4 is 39.1 Å². The lowest BCUT2D eigenvalue weighted by atomic mass is 10.3. The molecule has 156 valence electrons. The number of carbonyl (C=O) groups excluding carboxylic acids is 2. The number of rotatable bonds is 7. The lowest BCUT2D eigenvalue weighted by molar-refractivity contribution is -0.384. The number of amides is 1. The summed E-state index contributed by atoms with van der Waals surface area (Å²) >= 11 is 1.05. The van der Waals surface area contributed by atoms with Crippen LogP contribution in [0.1, 0.15) is 0 Å². The number of nitro benzene ring substituents is 1. The van der Waals surface area contributed by atoms with E-state index in [0.29, 0.717) is 21.7 Å². The number of ether oxygens (including phenoxy) is 3. The standard InChI is InChI=1S/C19H17N3O7S/c1-27-14-5-3-4-6-15(14)29-11-17(23)20-19-21(10-18(24)28-2)13-8-7-12(22(25)26)9-16(13)30-19/h3-9H,10-11H2,1-2H3. The van der Waals surface area contributed by atoms with Gasteiger partial charge in [-0.2, -0.15) is 4.99 Å². The topological polar surface area (TPSA) is 122 Å². The van der Waals surface area contributed by atoms with E-state index in [-0.39, 0.29) is 23.6 Å². The third-order valence-corrected chi connectivity index (χ3v) is 5.07. The molecule has 3 rings (SSSR count). The minimum absolute atomic E-state index is 0.105. The molecule has 10 nitrogen and oxygen atoms in total. The number of aromatic nitrogens is 1. The van der Waals surface area contributed by atoms with Gasteiger partial charge in [0.2, 0.25) is 0 Å². The average molecular weight is 431 g/mol. The van der Waals surface area contributed by atoms with Gasteiger partial charge in [0.15, 0.2) is 22.9 Å². The smallest absolute Gasteiger partial charge is 0.325 e. The molecule has 0 aliphatic heterocycles. The van der Waals surface area contributed by atoms with Crippen LogP contribution in [0, 0.1) is 10.1 Å². The number of nitrogens with zero attached hydrogens (tertiary/aromatic N) is 3. The van der Waals surface area contributed by atoms with E-state index in [0.717, 1.165) is 11.3 Å². The van der Waals surface area contributed by atoms with Gasteiger partial charge in [0.1, 0.15) is 6.54 Å². The molecule has 0 fully saturated rings. The van der Waals surface area contributed by atoms with Crippen LogP contribution in [0.25, 0.3) is 10.2 Å². The Kier molecular flexibility index (Phi) is 6.42. The van der Waals surface area contributed by atoms with E-state index in [1.54, 1.807) is 24.3 Å². The maximum atomic E-state index is 12.4. The first-order chi connectivity index (χ1) is 14.4. The van der Waals surface area contributed by atoms with E-state index in [2.05, 4.69) is 4.99 Å². The minimum Gasteiger partial charge on any atom is -0.493 e. The van der Waals surface area contributed by atoms with E-state index < -0.39 is 16.8 Å². The van der Waals surface area contributed by atoms with E-state index in [1.165, 1.54) is 37.0 Å². The Bertz CT molecular complexity index is 1180. The molecule has 0 radical (unpaired) electrons. The molecule has 0 bridgehead atoms. The molecule has 0 atom stereocenters. The Labute approximate surface area is 174 Å². The predicted octanol–water partition coefficient (Wildman–Crippen LogP) is 2.30. The highest BCUT2D eigenvalue weighted by atomic mass is 32.1. The lowest BCUT2D eigenvalue weighted by Gasteiger charge is -2.08. The van der Waals surface area contributed by atoms with Crippen molar-refractivity contribution in [3.05, 3.63) is 57.4 Å². The third-order valence-electron chi connectivity index (χ3n) is 4.03. The molecular formula is C19H17N3O7S. The normalized spacial score (nSPS) is 11.3. The first-order valence-electron chi connectivity index (χ1n) is 8.61. The van der Waals surface area contributed by atoms with Crippen molar-refractivity contribution in [2.45, 2.75) is 6.54 Å². The SMILES string of the molecule is COC(=O)Cn1c(=NC(=O)COc2ccccc2OC)sc2cc([N+](=O)[O-])ccc21. The van der Waals surface area contributed by atoms with Gasteiger partial charge < -0.3 is 18.8 Å². The van der Waals surface area contributed by atoms with Gasteiger partial charge in [-0.05, 0) is 18.2 Å². The van der Waals surface area contributed by atoms with Crippen molar-refractivity contribution in [1.29, 1.82) is 0 Å². The molecule has 30 heavy (non-hydrogen) atoms. The van der Waals surface area contributed by atoms with Crippen molar-refractivity contribution in [3.8, 4) is 11.5 Å². The number of hydrogen-bond donors (Lipinski definition) is 0. The van der Waals surface area contributed by atoms with Crippen LogP contribution in [-0.2, 0) is 20.9 Å². The Morgan fingerprint density at radius 2 is 1.90 bits per heavy atom. The Hall–Kier alpha value is -3.73. The summed E-state index contributed by atoms with van der Waals surface area (Å²) in [5.41, 5.74) is 0.416. The third kappa shape index (κ3) is 4.63. The van der Waals surface area contributed by atoms with Gasteiger partial charge in [-0.15, -0.1) is 0 Å². The van der Waals surface area contributed by atoms with Crippen molar-refractivity contribution in [3.63, 3.8) is 0 Å². The molecule has 0 unspecified atom stereocenters. The number of fused-ring (bicyclic) bond motifs is 1. The van der Waals surface area contributed by atoms with Gasteiger partial charge in [-0.3, -0.25) is 19.7 Å². The van der Waals surface area contributed by atoms with E-state index >= 15 is 0 Å². The minimum atomic E-state index is -0.597. The number of methoxy groups -OCH3 is 2. The lowest BCUT2D eigenvalue weighted by Crippen LogP contribution is -2.23. The highest BCUT2D eigenvalue weighted by Crippen LogP contribution is 2.26. The molecule has 2 aromatic carbocycles. The molecule has 1 aromatic heterocycles. The highest BCUT2D eigenvalue weighted by Gasteiger charge is 2.15. The summed E-state index contributed by atoms with van der Waals surface area (Å²) < 4.78 is 17.3. The molecule has 3 aromatic rings. The number of esters is 1. The largest absolute Gasteiger partial charge is 0.493 e. The van der Waals surface area contributed by atoms with Crippen LogP contribution < -0.4 is 14.3 Å². The van der Waals surface area contributed by atoms with Gasteiger partial charge in [0.05, 0.1) is 29.4 Å². The fourth-order valence-electron chi connectivity index (χ4n) is 2.62. The Balaban J connectivity index is 1.94. The molecule has 0 spiro atoms.